The summed E-state index contributed by atoms with van der Waals surface area (Å²) in [6.07, 6.45) is 0. The van der Waals surface area contributed by atoms with Crippen LogP contribution in [0, 0.1) is 0 Å². The third-order valence-corrected chi connectivity index (χ3v) is 3.60. The molecular formula is C18H16ClO3+. The van der Waals surface area contributed by atoms with Gasteiger partial charge in [-0.3, -0.25) is 0 Å². The van der Waals surface area contributed by atoms with Crippen molar-refractivity contribution in [1.82, 2.24) is 0 Å². The van der Waals surface area contributed by atoms with Gasteiger partial charge in [-0.05, 0) is 43.3 Å². The van der Waals surface area contributed by atoms with Crippen LogP contribution in [0.15, 0.2) is 52.9 Å². The van der Waals surface area contributed by atoms with Crippen molar-refractivity contribution < 1.29 is 13.9 Å². The molecular weight excluding hydrogens is 300 g/mol. The van der Waals surface area contributed by atoms with Crippen molar-refractivity contribution in [2.45, 2.75) is 6.92 Å². The summed E-state index contributed by atoms with van der Waals surface area (Å²) in [6, 6.07) is 15.1. The Hall–Kier alpha value is -2.26. The Labute approximate surface area is 134 Å². The molecule has 0 fully saturated rings. The molecule has 3 rings (SSSR count). The van der Waals surface area contributed by atoms with E-state index in [1.807, 2.05) is 49.4 Å². The van der Waals surface area contributed by atoms with Gasteiger partial charge in [0, 0.05) is 11.1 Å². The van der Waals surface area contributed by atoms with Crippen molar-refractivity contribution in [2.75, 3.05) is 13.7 Å². The number of rotatable bonds is 4. The zero-order valence-corrected chi connectivity index (χ0v) is 13.2. The van der Waals surface area contributed by atoms with Crippen LogP contribution in [0.4, 0.5) is 0 Å². The van der Waals surface area contributed by atoms with Crippen LogP contribution >= 0.6 is 11.6 Å². The average molecular weight is 316 g/mol. The smallest absolute Gasteiger partial charge is 0.364 e. The Morgan fingerprint density at radius 2 is 1.82 bits per heavy atom. The van der Waals surface area contributed by atoms with E-state index in [0.717, 1.165) is 33.8 Å². The van der Waals surface area contributed by atoms with E-state index in [1.54, 1.807) is 13.2 Å². The molecule has 1 heterocycles. The summed E-state index contributed by atoms with van der Waals surface area (Å²) in [5.41, 5.74) is 1.69. The Kier molecular flexibility index (Phi) is 4.16. The molecule has 0 saturated carbocycles. The van der Waals surface area contributed by atoms with Crippen LogP contribution < -0.4 is 9.47 Å². The van der Waals surface area contributed by atoms with E-state index in [-0.39, 0.29) is 0 Å². The Morgan fingerprint density at radius 1 is 1.05 bits per heavy atom. The van der Waals surface area contributed by atoms with Crippen LogP contribution in [0.2, 0.25) is 5.02 Å². The highest BCUT2D eigenvalue weighted by molar-refractivity contribution is 6.31. The fourth-order valence-electron chi connectivity index (χ4n) is 2.30. The van der Waals surface area contributed by atoms with Gasteiger partial charge >= 0.3 is 11.3 Å². The number of halogens is 1. The predicted molar refractivity (Wildman–Crippen MR) is 88.8 cm³/mol. The summed E-state index contributed by atoms with van der Waals surface area (Å²) < 4.78 is 16.9. The molecule has 22 heavy (non-hydrogen) atoms. The molecule has 0 aliphatic carbocycles. The highest BCUT2D eigenvalue weighted by atomic mass is 35.5. The first-order chi connectivity index (χ1) is 10.7. The molecule has 0 aliphatic heterocycles. The van der Waals surface area contributed by atoms with E-state index in [2.05, 4.69) is 0 Å². The molecule has 3 aromatic rings. The molecule has 0 atom stereocenters. The molecule has 0 aliphatic rings. The highest BCUT2D eigenvalue weighted by Crippen LogP contribution is 2.34. The molecule has 3 nitrogen and oxygen atoms in total. The van der Waals surface area contributed by atoms with Gasteiger partial charge in [-0.15, -0.1) is 0 Å². The first kappa shape index (κ1) is 14.7. The van der Waals surface area contributed by atoms with Gasteiger partial charge in [-0.1, -0.05) is 11.6 Å². The van der Waals surface area contributed by atoms with E-state index in [4.69, 9.17) is 25.5 Å². The molecule has 0 amide bonds. The van der Waals surface area contributed by atoms with Crippen LogP contribution in [-0.4, -0.2) is 13.7 Å². The fraction of sp³-hybridized carbons (Fsp3) is 0.167. The molecule has 0 saturated heterocycles. The minimum atomic E-state index is 0.577. The molecule has 0 unspecified atom stereocenters. The molecule has 4 heteroatoms. The lowest BCUT2D eigenvalue weighted by molar-refractivity contribution is 0.342. The van der Waals surface area contributed by atoms with E-state index in [0.29, 0.717) is 11.6 Å². The molecule has 0 radical (unpaired) electrons. The summed E-state index contributed by atoms with van der Waals surface area (Å²) in [4.78, 5) is 0. The Bertz CT molecular complexity index is 797. The van der Waals surface area contributed by atoms with Gasteiger partial charge in [0.15, 0.2) is 0 Å². The number of methoxy groups -OCH3 is 1. The quantitative estimate of drug-likeness (QED) is 0.600. The molecule has 1 aromatic heterocycles. The number of benzene rings is 2. The average Bonchev–Trinajstić information content (AvgIpc) is 2.55. The molecule has 0 bridgehead atoms. The lowest BCUT2D eigenvalue weighted by Crippen LogP contribution is -1.93. The number of hydrogen-bond donors (Lipinski definition) is 0. The number of hydrogen-bond acceptors (Lipinski definition) is 2. The second-order valence-electron chi connectivity index (χ2n) is 4.78. The van der Waals surface area contributed by atoms with Crippen LogP contribution in [0.5, 0.6) is 11.5 Å². The number of ether oxygens (including phenoxy) is 2. The minimum absolute atomic E-state index is 0.577. The van der Waals surface area contributed by atoms with Gasteiger partial charge in [-0.2, -0.15) is 0 Å². The third-order valence-electron chi connectivity index (χ3n) is 3.36. The SMILES string of the molecule is CCOc1cc(-c2ccc(OC)cc2)[o+]c2ccc(Cl)cc12. The van der Waals surface area contributed by atoms with Crippen LogP contribution in [0.25, 0.3) is 22.3 Å². The van der Waals surface area contributed by atoms with E-state index < -0.39 is 0 Å². The summed E-state index contributed by atoms with van der Waals surface area (Å²) in [6.45, 7) is 2.53. The second kappa shape index (κ2) is 6.24. The topological polar surface area (TPSA) is 29.8 Å². The monoisotopic (exact) mass is 315 g/mol. The van der Waals surface area contributed by atoms with Gasteiger partial charge in [0.1, 0.15) is 16.9 Å². The van der Waals surface area contributed by atoms with E-state index in [1.165, 1.54) is 0 Å². The maximum atomic E-state index is 6.07. The zero-order chi connectivity index (χ0) is 15.5. The van der Waals surface area contributed by atoms with Crippen LogP contribution in [-0.2, 0) is 0 Å². The molecule has 0 N–H and O–H groups in total. The first-order valence-corrected chi connectivity index (χ1v) is 7.42. The zero-order valence-electron chi connectivity index (χ0n) is 12.4. The van der Waals surface area contributed by atoms with Crippen molar-refractivity contribution in [2.24, 2.45) is 0 Å². The number of fused-ring (bicyclic) bond motifs is 1. The fourth-order valence-corrected chi connectivity index (χ4v) is 2.47. The van der Waals surface area contributed by atoms with Gasteiger partial charge in [0.05, 0.1) is 25.3 Å². The van der Waals surface area contributed by atoms with Crippen LogP contribution in [0.1, 0.15) is 6.92 Å². The maximum absolute atomic E-state index is 6.07. The summed E-state index contributed by atoms with van der Waals surface area (Å²) in [5, 5.41) is 1.52. The highest BCUT2D eigenvalue weighted by Gasteiger charge is 2.20. The van der Waals surface area contributed by atoms with Gasteiger partial charge in [0.25, 0.3) is 0 Å². The van der Waals surface area contributed by atoms with Crippen LogP contribution in [0.3, 0.4) is 0 Å². The second-order valence-corrected chi connectivity index (χ2v) is 5.21. The van der Waals surface area contributed by atoms with Gasteiger partial charge < -0.3 is 9.47 Å². The largest absolute Gasteiger partial charge is 0.497 e. The lowest BCUT2D eigenvalue weighted by atomic mass is 10.1. The van der Waals surface area contributed by atoms with Crippen molar-refractivity contribution in [3.05, 3.63) is 53.6 Å². The summed E-state index contributed by atoms with van der Waals surface area (Å²) in [7, 11) is 1.65. The van der Waals surface area contributed by atoms with Gasteiger partial charge in [-0.25, -0.2) is 4.42 Å². The van der Waals surface area contributed by atoms with Crippen molar-refractivity contribution in [3.63, 3.8) is 0 Å². The maximum Gasteiger partial charge on any atom is 0.364 e. The molecule has 2 aromatic carbocycles. The predicted octanol–water partition coefficient (Wildman–Crippen LogP) is 5.44. The van der Waals surface area contributed by atoms with Gasteiger partial charge in [0.2, 0.25) is 0 Å². The van der Waals surface area contributed by atoms with Crippen molar-refractivity contribution in [1.29, 1.82) is 0 Å². The molecule has 112 valence electrons. The Balaban J connectivity index is 2.15. The van der Waals surface area contributed by atoms with Crippen molar-refractivity contribution in [3.8, 4) is 22.8 Å². The summed E-state index contributed by atoms with van der Waals surface area (Å²) in [5.74, 6) is 2.30. The van der Waals surface area contributed by atoms with E-state index >= 15 is 0 Å². The lowest BCUT2D eigenvalue weighted by Gasteiger charge is -2.04. The normalized spacial score (nSPS) is 10.7. The molecule has 0 spiro atoms. The third kappa shape index (κ3) is 2.85. The van der Waals surface area contributed by atoms with E-state index in [9.17, 15) is 0 Å². The van der Waals surface area contributed by atoms with Crippen molar-refractivity contribution >= 4 is 22.6 Å². The summed E-state index contributed by atoms with van der Waals surface area (Å²) >= 11 is 6.07. The minimum Gasteiger partial charge on any atom is -0.497 e. The standard InChI is InChI=1S/C18H16ClO3/c1-3-21-18-11-17(12-4-7-14(20-2)8-5-12)22-16-9-6-13(19)10-15(16)18/h4-11H,3H2,1-2H3/q+1. The Morgan fingerprint density at radius 3 is 2.50 bits per heavy atom. The first-order valence-electron chi connectivity index (χ1n) is 7.05.